The molecule has 142 valence electrons. The molecule has 0 fully saturated rings. The van der Waals surface area contributed by atoms with E-state index in [1.54, 1.807) is 18.0 Å². The van der Waals surface area contributed by atoms with Gasteiger partial charge in [-0.2, -0.15) is 0 Å². The molecule has 1 aromatic carbocycles. The molecule has 5 nitrogen and oxygen atoms in total. The van der Waals surface area contributed by atoms with Crippen LogP contribution in [0.4, 0.5) is 0 Å². The summed E-state index contributed by atoms with van der Waals surface area (Å²) in [5, 5.41) is 0. The Kier molecular flexibility index (Phi) is 4.82. The van der Waals surface area contributed by atoms with Crippen LogP contribution >= 0.6 is 0 Å². The van der Waals surface area contributed by atoms with Crippen molar-refractivity contribution in [2.24, 2.45) is 0 Å². The number of aryl methyl sites for hydroxylation is 4. The zero-order valence-electron chi connectivity index (χ0n) is 16.1. The Labute approximate surface area is 163 Å². The van der Waals surface area contributed by atoms with E-state index in [0.717, 1.165) is 23.2 Å². The average molecular weight is 374 g/mol. The number of hydrogen-bond acceptors (Lipinski definition) is 4. The van der Waals surface area contributed by atoms with Crippen molar-refractivity contribution < 1.29 is 9.21 Å². The Morgan fingerprint density at radius 2 is 1.82 bits per heavy atom. The van der Waals surface area contributed by atoms with E-state index >= 15 is 0 Å². The number of aromatic nitrogens is 1. The molecule has 4 rings (SSSR count). The summed E-state index contributed by atoms with van der Waals surface area (Å²) >= 11 is 0. The fourth-order valence-electron chi connectivity index (χ4n) is 3.67. The molecular weight excluding hydrogens is 352 g/mol. The van der Waals surface area contributed by atoms with Gasteiger partial charge in [-0.1, -0.05) is 30.3 Å². The van der Waals surface area contributed by atoms with E-state index in [1.165, 1.54) is 5.56 Å². The van der Waals surface area contributed by atoms with Crippen LogP contribution in [-0.2, 0) is 25.9 Å². The number of carbonyl (C=O) groups excluding carboxylic acids is 1. The average Bonchev–Trinajstić information content (AvgIpc) is 3.10. The molecule has 0 N–H and O–H groups in total. The fraction of sp³-hybridized carbons (Fsp3) is 0.261. The molecule has 0 unspecified atom stereocenters. The van der Waals surface area contributed by atoms with Gasteiger partial charge < -0.3 is 9.32 Å². The highest BCUT2D eigenvalue weighted by atomic mass is 16.4. The van der Waals surface area contributed by atoms with Crippen LogP contribution < -0.4 is 5.63 Å². The highest BCUT2D eigenvalue weighted by Gasteiger charge is 2.28. The normalized spacial score (nSPS) is 12.9. The van der Waals surface area contributed by atoms with Crippen molar-refractivity contribution in [3.63, 3.8) is 0 Å². The second kappa shape index (κ2) is 7.43. The van der Waals surface area contributed by atoms with Gasteiger partial charge in [-0.15, -0.1) is 0 Å². The molecule has 0 saturated carbocycles. The van der Waals surface area contributed by atoms with E-state index < -0.39 is 5.63 Å². The first-order valence-corrected chi connectivity index (χ1v) is 9.42. The van der Waals surface area contributed by atoms with Crippen LogP contribution in [0.5, 0.6) is 0 Å². The number of fused-ring (bicyclic) bond motifs is 1. The molecular formula is C23H22N2O3. The Morgan fingerprint density at radius 1 is 1.07 bits per heavy atom. The highest BCUT2D eigenvalue weighted by molar-refractivity contribution is 5.95. The van der Waals surface area contributed by atoms with Crippen molar-refractivity contribution in [2.75, 3.05) is 0 Å². The van der Waals surface area contributed by atoms with Crippen molar-refractivity contribution in [1.82, 2.24) is 9.88 Å². The summed E-state index contributed by atoms with van der Waals surface area (Å²) in [5.41, 5.74) is 4.45. The monoisotopic (exact) mass is 374 g/mol. The van der Waals surface area contributed by atoms with Crippen LogP contribution in [0.3, 0.4) is 0 Å². The third-order valence-corrected chi connectivity index (χ3v) is 5.15. The molecule has 1 amide bonds. The van der Waals surface area contributed by atoms with Gasteiger partial charge in [0, 0.05) is 31.4 Å². The number of benzene rings is 1. The Balaban J connectivity index is 1.52. The van der Waals surface area contributed by atoms with Crippen molar-refractivity contribution in [3.8, 4) is 0 Å². The second-order valence-corrected chi connectivity index (χ2v) is 7.30. The van der Waals surface area contributed by atoms with Crippen LogP contribution in [-0.4, -0.2) is 15.8 Å². The minimum Gasteiger partial charge on any atom is -0.427 e. The number of rotatable bonds is 4. The molecule has 0 bridgehead atoms. The highest BCUT2D eigenvalue weighted by Crippen LogP contribution is 2.24. The first kappa shape index (κ1) is 18.2. The Bertz CT molecular complexity index is 1090. The van der Waals surface area contributed by atoms with Gasteiger partial charge in [0.05, 0.1) is 0 Å². The van der Waals surface area contributed by atoms with Gasteiger partial charge in [0.2, 0.25) is 0 Å². The molecule has 5 heteroatoms. The lowest BCUT2D eigenvalue weighted by atomic mass is 10.1. The Hall–Kier alpha value is -3.21. The van der Waals surface area contributed by atoms with Crippen molar-refractivity contribution in [2.45, 2.75) is 39.8 Å². The summed E-state index contributed by atoms with van der Waals surface area (Å²) in [4.78, 5) is 31.5. The minimum absolute atomic E-state index is 0.126. The third-order valence-electron chi connectivity index (χ3n) is 5.15. The number of carbonyl (C=O) groups is 1. The van der Waals surface area contributed by atoms with E-state index in [-0.39, 0.29) is 11.5 Å². The van der Waals surface area contributed by atoms with Crippen LogP contribution in [0.15, 0.2) is 57.9 Å². The van der Waals surface area contributed by atoms with Crippen LogP contribution in [0.1, 0.15) is 44.1 Å². The molecule has 0 saturated heterocycles. The van der Waals surface area contributed by atoms with E-state index in [9.17, 15) is 9.59 Å². The summed E-state index contributed by atoms with van der Waals surface area (Å²) < 4.78 is 5.47. The maximum absolute atomic E-state index is 13.0. The van der Waals surface area contributed by atoms with Gasteiger partial charge >= 0.3 is 5.63 Å². The molecule has 2 aromatic heterocycles. The van der Waals surface area contributed by atoms with Crippen molar-refractivity contribution in [1.29, 1.82) is 0 Å². The molecule has 28 heavy (non-hydrogen) atoms. The van der Waals surface area contributed by atoms with E-state index in [0.29, 0.717) is 30.8 Å². The summed E-state index contributed by atoms with van der Waals surface area (Å²) in [6.07, 6.45) is 3.21. The SMILES string of the molecule is Cc1cc2c(cn1)CN(C(=O)c1c(C)cc(CCc3ccccc3)oc1=O)C2. The first-order chi connectivity index (χ1) is 13.5. The van der Waals surface area contributed by atoms with Crippen molar-refractivity contribution in [3.05, 3.63) is 98.4 Å². The largest absolute Gasteiger partial charge is 0.427 e. The van der Waals surface area contributed by atoms with Crippen molar-refractivity contribution >= 4 is 5.91 Å². The topological polar surface area (TPSA) is 63.4 Å². The Morgan fingerprint density at radius 3 is 2.57 bits per heavy atom. The minimum atomic E-state index is -0.557. The van der Waals surface area contributed by atoms with Gasteiger partial charge in [0.25, 0.3) is 5.91 Å². The number of hydrogen-bond donors (Lipinski definition) is 0. The maximum atomic E-state index is 13.0. The standard InChI is InChI=1S/C23H22N2O3/c1-15-10-20(9-8-17-6-4-3-5-7-17)28-23(27)21(15)22(26)25-13-18-11-16(2)24-12-19(18)14-25/h3-7,10-12H,8-9,13-14H2,1-2H3. The van der Waals surface area contributed by atoms with Gasteiger partial charge in [-0.05, 0) is 54.7 Å². The molecule has 1 aliphatic rings. The summed E-state index contributed by atoms with van der Waals surface area (Å²) in [7, 11) is 0. The number of amides is 1. The van der Waals surface area contributed by atoms with E-state index in [2.05, 4.69) is 4.98 Å². The van der Waals surface area contributed by atoms with E-state index in [4.69, 9.17) is 4.42 Å². The quantitative estimate of drug-likeness (QED) is 0.700. The molecule has 0 spiro atoms. The van der Waals surface area contributed by atoms with Crippen LogP contribution in [0, 0.1) is 13.8 Å². The molecule has 0 aliphatic carbocycles. The van der Waals surface area contributed by atoms with Crippen LogP contribution in [0.25, 0.3) is 0 Å². The predicted octanol–water partition coefficient (Wildman–Crippen LogP) is 3.59. The summed E-state index contributed by atoms with van der Waals surface area (Å²) in [6, 6.07) is 13.8. The molecule has 3 heterocycles. The number of nitrogens with zero attached hydrogens (tertiary/aromatic N) is 2. The second-order valence-electron chi connectivity index (χ2n) is 7.30. The van der Waals surface area contributed by atoms with E-state index in [1.807, 2.05) is 49.4 Å². The zero-order valence-corrected chi connectivity index (χ0v) is 16.1. The summed E-state index contributed by atoms with van der Waals surface area (Å²) in [5.74, 6) is 0.321. The zero-order chi connectivity index (χ0) is 19.7. The lowest BCUT2D eigenvalue weighted by Gasteiger charge is -2.16. The van der Waals surface area contributed by atoms with Gasteiger partial charge in [-0.3, -0.25) is 9.78 Å². The first-order valence-electron chi connectivity index (χ1n) is 9.42. The van der Waals surface area contributed by atoms with Crippen LogP contribution in [0.2, 0.25) is 0 Å². The number of pyridine rings is 1. The molecule has 3 aromatic rings. The lowest BCUT2D eigenvalue weighted by molar-refractivity contribution is 0.0745. The molecule has 1 aliphatic heterocycles. The predicted molar refractivity (Wildman–Crippen MR) is 106 cm³/mol. The molecule has 0 atom stereocenters. The lowest BCUT2D eigenvalue weighted by Crippen LogP contribution is -2.31. The van der Waals surface area contributed by atoms with Gasteiger partial charge in [-0.25, -0.2) is 4.79 Å². The molecule has 0 radical (unpaired) electrons. The maximum Gasteiger partial charge on any atom is 0.349 e. The third kappa shape index (κ3) is 3.60. The fourth-order valence-corrected chi connectivity index (χ4v) is 3.67. The smallest absolute Gasteiger partial charge is 0.349 e. The summed E-state index contributed by atoms with van der Waals surface area (Å²) in [6.45, 7) is 4.69. The van der Waals surface area contributed by atoms with Gasteiger partial charge in [0.1, 0.15) is 11.3 Å². The van der Waals surface area contributed by atoms with Gasteiger partial charge in [0.15, 0.2) is 0 Å².